The van der Waals surface area contributed by atoms with Crippen LogP contribution in [0.25, 0.3) is 11.6 Å². The summed E-state index contributed by atoms with van der Waals surface area (Å²) in [6.07, 6.45) is 2.97. The van der Waals surface area contributed by atoms with Crippen molar-refractivity contribution >= 4 is 17.7 Å². The molecule has 0 saturated heterocycles. The third-order valence-electron chi connectivity index (χ3n) is 3.26. The van der Waals surface area contributed by atoms with Crippen LogP contribution in [0.2, 0.25) is 0 Å². The van der Waals surface area contributed by atoms with Gasteiger partial charge in [0.2, 0.25) is 0 Å². The number of amides is 1. The van der Waals surface area contributed by atoms with Crippen molar-refractivity contribution < 1.29 is 14.6 Å². The predicted molar refractivity (Wildman–Crippen MR) is 89.3 cm³/mol. The van der Waals surface area contributed by atoms with Crippen LogP contribution in [0.4, 0.5) is 4.79 Å². The zero-order chi connectivity index (χ0) is 17.4. The van der Waals surface area contributed by atoms with Gasteiger partial charge in [0.05, 0.1) is 24.5 Å². The molecule has 0 atom stereocenters. The number of nitrogens with two attached hydrogens (primary N) is 1. The molecule has 0 spiro atoms. The van der Waals surface area contributed by atoms with Crippen molar-refractivity contribution in [2.45, 2.75) is 13.0 Å². The number of pyridine rings is 1. The lowest BCUT2D eigenvalue weighted by Crippen LogP contribution is -2.14. The molecule has 0 saturated carbocycles. The fourth-order valence-corrected chi connectivity index (χ4v) is 2.23. The zero-order valence-corrected chi connectivity index (χ0v) is 13.0. The van der Waals surface area contributed by atoms with Crippen LogP contribution in [0, 0.1) is 11.3 Å². The number of allylic oxidation sites excluding steroid dienone is 1. The number of hydrogen-bond acceptors (Lipinski definition) is 5. The van der Waals surface area contributed by atoms with Crippen LogP contribution in [0.3, 0.4) is 0 Å². The first kappa shape index (κ1) is 17.2. The number of aliphatic hydroxyl groups is 1. The molecule has 1 heterocycles. The van der Waals surface area contributed by atoms with Crippen LogP contribution in [-0.2, 0) is 17.8 Å². The molecule has 24 heavy (non-hydrogen) atoms. The number of aliphatic hydroxyl groups excluding tert-OH is 1. The Hall–Kier alpha value is -3.17. The number of hydrogen-bond donors (Lipinski definition) is 2. The van der Waals surface area contributed by atoms with Crippen molar-refractivity contribution in [1.29, 1.82) is 5.26 Å². The summed E-state index contributed by atoms with van der Waals surface area (Å²) in [6, 6.07) is 12.9. The minimum atomic E-state index is -0.824. The fraction of sp³-hybridized carbons (Fsp3) is 0.167. The minimum Gasteiger partial charge on any atom is -0.449 e. The summed E-state index contributed by atoms with van der Waals surface area (Å²) in [5.74, 6) is 0. The molecule has 1 aromatic carbocycles. The van der Waals surface area contributed by atoms with Crippen LogP contribution in [0.5, 0.6) is 0 Å². The number of nitrogens with zero attached hydrogens (tertiary/aromatic N) is 2. The van der Waals surface area contributed by atoms with E-state index in [-0.39, 0.29) is 13.2 Å². The molecule has 2 aromatic rings. The van der Waals surface area contributed by atoms with Crippen LogP contribution >= 0.6 is 0 Å². The number of aromatic nitrogens is 1. The lowest BCUT2D eigenvalue weighted by atomic mass is 10.0. The molecular weight excluding hydrogens is 306 g/mol. The van der Waals surface area contributed by atoms with Gasteiger partial charge in [0.1, 0.15) is 6.07 Å². The smallest absolute Gasteiger partial charge is 0.404 e. The SMILES string of the molecule is N#CC(=Cc1cc(CO)cc(CCOC(N)=O)c1)c1ccccn1. The number of nitriles is 1. The first-order valence-corrected chi connectivity index (χ1v) is 7.31. The van der Waals surface area contributed by atoms with Crippen LogP contribution in [-0.4, -0.2) is 22.8 Å². The second-order valence-corrected chi connectivity index (χ2v) is 5.04. The average Bonchev–Trinajstić information content (AvgIpc) is 2.60. The van der Waals surface area contributed by atoms with Gasteiger partial charge in [-0.1, -0.05) is 18.2 Å². The van der Waals surface area contributed by atoms with Gasteiger partial charge in [0.25, 0.3) is 0 Å². The van der Waals surface area contributed by atoms with Gasteiger partial charge in [-0.25, -0.2) is 4.79 Å². The first-order chi connectivity index (χ1) is 11.6. The number of carbonyl (C=O) groups is 1. The summed E-state index contributed by atoms with van der Waals surface area (Å²) in [6.45, 7) is 0.0234. The van der Waals surface area contributed by atoms with E-state index in [0.29, 0.717) is 23.3 Å². The molecule has 6 nitrogen and oxygen atoms in total. The van der Waals surface area contributed by atoms with E-state index in [1.54, 1.807) is 30.5 Å². The summed E-state index contributed by atoms with van der Waals surface area (Å²) in [5.41, 5.74) is 8.27. The molecule has 0 aliphatic heterocycles. The molecule has 0 fully saturated rings. The summed E-state index contributed by atoms with van der Waals surface area (Å²) >= 11 is 0. The largest absolute Gasteiger partial charge is 0.449 e. The van der Waals surface area contributed by atoms with Crippen molar-refractivity contribution in [2.24, 2.45) is 5.73 Å². The summed E-state index contributed by atoms with van der Waals surface area (Å²) < 4.78 is 4.73. The Morgan fingerprint density at radius 3 is 2.75 bits per heavy atom. The summed E-state index contributed by atoms with van der Waals surface area (Å²) in [4.78, 5) is 14.8. The quantitative estimate of drug-likeness (QED) is 0.793. The van der Waals surface area contributed by atoms with Crippen LogP contribution in [0.1, 0.15) is 22.4 Å². The normalized spacial score (nSPS) is 10.9. The Morgan fingerprint density at radius 1 is 1.33 bits per heavy atom. The highest BCUT2D eigenvalue weighted by Gasteiger charge is 2.05. The van der Waals surface area contributed by atoms with Gasteiger partial charge in [-0.15, -0.1) is 0 Å². The van der Waals surface area contributed by atoms with E-state index in [0.717, 1.165) is 11.1 Å². The standard InChI is InChI=1S/C18H17N3O3/c19-11-16(17-3-1-2-5-21-17)10-14-7-13(4-6-24-18(20)23)8-15(9-14)12-22/h1-3,5,7-10,22H,4,6,12H2,(H2,20,23). The fourth-order valence-electron chi connectivity index (χ4n) is 2.23. The Bertz CT molecular complexity index is 780. The van der Waals surface area contributed by atoms with Crippen molar-refractivity contribution in [3.05, 3.63) is 65.0 Å². The number of benzene rings is 1. The van der Waals surface area contributed by atoms with Crippen molar-refractivity contribution in [3.63, 3.8) is 0 Å². The van der Waals surface area contributed by atoms with E-state index in [2.05, 4.69) is 11.1 Å². The van der Waals surface area contributed by atoms with Gasteiger partial charge in [-0.2, -0.15) is 5.26 Å². The topological polar surface area (TPSA) is 109 Å². The number of rotatable bonds is 6. The third kappa shape index (κ3) is 4.93. The molecule has 0 aliphatic carbocycles. The van der Waals surface area contributed by atoms with Gasteiger partial charge in [0, 0.05) is 12.6 Å². The van der Waals surface area contributed by atoms with Crippen molar-refractivity contribution in [1.82, 2.24) is 4.98 Å². The lowest BCUT2D eigenvalue weighted by molar-refractivity contribution is 0.158. The number of ether oxygens (including phenoxy) is 1. The van der Waals surface area contributed by atoms with E-state index in [4.69, 9.17) is 10.5 Å². The number of carbonyl (C=O) groups excluding carboxylic acids is 1. The maximum atomic E-state index is 10.6. The van der Waals surface area contributed by atoms with E-state index >= 15 is 0 Å². The van der Waals surface area contributed by atoms with E-state index in [1.165, 1.54) is 0 Å². The molecule has 1 amide bonds. The van der Waals surface area contributed by atoms with Gasteiger partial charge in [0.15, 0.2) is 0 Å². The maximum absolute atomic E-state index is 10.6. The molecule has 0 radical (unpaired) electrons. The third-order valence-corrected chi connectivity index (χ3v) is 3.26. The van der Waals surface area contributed by atoms with Gasteiger partial charge in [-0.3, -0.25) is 4.98 Å². The van der Waals surface area contributed by atoms with E-state index in [1.807, 2.05) is 18.2 Å². The average molecular weight is 323 g/mol. The number of primary amides is 1. The molecule has 0 unspecified atom stereocenters. The molecule has 122 valence electrons. The Kier molecular flexibility index (Phi) is 6.06. The molecule has 3 N–H and O–H groups in total. The summed E-state index contributed by atoms with van der Waals surface area (Å²) in [5, 5.41) is 18.8. The minimum absolute atomic E-state index is 0.128. The first-order valence-electron chi connectivity index (χ1n) is 7.31. The second-order valence-electron chi connectivity index (χ2n) is 5.04. The van der Waals surface area contributed by atoms with E-state index in [9.17, 15) is 15.2 Å². The van der Waals surface area contributed by atoms with Crippen LogP contribution in [0.15, 0.2) is 42.6 Å². The highest BCUT2D eigenvalue weighted by molar-refractivity contribution is 5.88. The molecule has 0 aliphatic rings. The second kappa shape index (κ2) is 8.46. The lowest BCUT2D eigenvalue weighted by Gasteiger charge is -2.07. The Labute approximate surface area is 139 Å². The Balaban J connectivity index is 2.30. The van der Waals surface area contributed by atoms with Gasteiger partial charge < -0.3 is 15.6 Å². The highest BCUT2D eigenvalue weighted by atomic mass is 16.5. The van der Waals surface area contributed by atoms with Crippen LogP contribution < -0.4 is 5.73 Å². The molecule has 1 aromatic heterocycles. The van der Waals surface area contributed by atoms with E-state index < -0.39 is 6.09 Å². The summed E-state index contributed by atoms with van der Waals surface area (Å²) in [7, 11) is 0. The Morgan fingerprint density at radius 2 is 2.12 bits per heavy atom. The van der Waals surface area contributed by atoms with Gasteiger partial charge in [-0.05, 0) is 41.0 Å². The van der Waals surface area contributed by atoms with Gasteiger partial charge >= 0.3 is 6.09 Å². The van der Waals surface area contributed by atoms with Crippen molar-refractivity contribution in [3.8, 4) is 6.07 Å². The maximum Gasteiger partial charge on any atom is 0.404 e. The monoisotopic (exact) mass is 323 g/mol. The van der Waals surface area contributed by atoms with Crippen molar-refractivity contribution in [2.75, 3.05) is 6.61 Å². The molecule has 2 rings (SSSR count). The molecule has 0 bridgehead atoms. The zero-order valence-electron chi connectivity index (χ0n) is 13.0. The molecule has 6 heteroatoms. The predicted octanol–water partition coefficient (Wildman–Crippen LogP) is 2.28. The molecular formula is C18H17N3O3. The highest BCUT2D eigenvalue weighted by Crippen LogP contribution is 2.19.